The Balaban J connectivity index is 2.11. The molecule has 3 rings (SSSR count). The molecule has 2 aromatic heterocycles. The highest BCUT2D eigenvalue weighted by Gasteiger charge is 2.17. The minimum absolute atomic E-state index is 0.309. The van der Waals surface area contributed by atoms with Crippen molar-refractivity contribution >= 4 is 28.6 Å². The first-order valence-electron chi connectivity index (χ1n) is 5.62. The fourth-order valence-corrected chi connectivity index (χ4v) is 1.88. The molecule has 0 radical (unpaired) electrons. The molecule has 0 atom stereocenters. The van der Waals surface area contributed by atoms with Crippen LogP contribution in [0.15, 0.2) is 6.33 Å². The predicted molar refractivity (Wildman–Crippen MR) is 67.0 cm³/mol. The number of hydrogen-bond donors (Lipinski definition) is 2. The third-order valence-electron chi connectivity index (χ3n) is 2.82. The molecule has 8 nitrogen and oxygen atoms in total. The zero-order chi connectivity index (χ0) is 12.5. The van der Waals surface area contributed by atoms with Crippen molar-refractivity contribution in [2.75, 3.05) is 42.7 Å². The minimum Gasteiger partial charge on any atom is -0.382 e. The fraction of sp³-hybridized carbons (Fsp3) is 0.400. The van der Waals surface area contributed by atoms with Gasteiger partial charge in [0.2, 0.25) is 5.95 Å². The standard InChI is InChI=1S/C10H13N7O/c11-8-7-6(13-5-14-8)9(12)16-10(15-7)17-1-3-18-4-2-17/h5H,1-4H2,(H2,11,13,14)(H2,12,15,16). The van der Waals surface area contributed by atoms with Gasteiger partial charge in [0.25, 0.3) is 0 Å². The number of nitrogen functional groups attached to an aromatic ring is 2. The smallest absolute Gasteiger partial charge is 0.228 e. The highest BCUT2D eigenvalue weighted by atomic mass is 16.5. The number of anilines is 3. The molecule has 8 heteroatoms. The summed E-state index contributed by atoms with van der Waals surface area (Å²) in [7, 11) is 0. The van der Waals surface area contributed by atoms with Crippen molar-refractivity contribution in [2.45, 2.75) is 0 Å². The van der Waals surface area contributed by atoms with Gasteiger partial charge in [-0.2, -0.15) is 4.98 Å². The second-order valence-corrected chi connectivity index (χ2v) is 3.96. The van der Waals surface area contributed by atoms with Crippen molar-refractivity contribution < 1.29 is 4.74 Å². The zero-order valence-corrected chi connectivity index (χ0v) is 9.70. The van der Waals surface area contributed by atoms with Gasteiger partial charge in [0, 0.05) is 13.1 Å². The maximum Gasteiger partial charge on any atom is 0.228 e. The number of aromatic nitrogens is 4. The van der Waals surface area contributed by atoms with Crippen LogP contribution in [0.25, 0.3) is 11.0 Å². The quantitative estimate of drug-likeness (QED) is 0.687. The number of nitrogens with zero attached hydrogens (tertiary/aromatic N) is 5. The predicted octanol–water partition coefficient (Wildman–Crippen LogP) is -0.579. The molecule has 0 bridgehead atoms. The first kappa shape index (κ1) is 10.9. The molecule has 0 aliphatic carbocycles. The van der Waals surface area contributed by atoms with E-state index in [1.807, 2.05) is 4.90 Å². The maximum atomic E-state index is 5.88. The SMILES string of the molecule is Nc1nc(N2CCOCC2)nc2c(N)ncnc12. The molecule has 2 aromatic rings. The van der Waals surface area contributed by atoms with Crippen LogP contribution in [-0.4, -0.2) is 46.2 Å². The van der Waals surface area contributed by atoms with Crippen LogP contribution in [0, 0.1) is 0 Å². The summed E-state index contributed by atoms with van der Waals surface area (Å²) in [4.78, 5) is 18.6. The number of morpholine rings is 1. The molecule has 3 heterocycles. The summed E-state index contributed by atoms with van der Waals surface area (Å²) in [5.74, 6) is 1.17. The molecule has 18 heavy (non-hydrogen) atoms. The number of fused-ring (bicyclic) bond motifs is 1. The fourth-order valence-electron chi connectivity index (χ4n) is 1.88. The van der Waals surface area contributed by atoms with Gasteiger partial charge in [-0.25, -0.2) is 15.0 Å². The molecule has 0 aromatic carbocycles. The lowest BCUT2D eigenvalue weighted by Gasteiger charge is -2.26. The Morgan fingerprint density at radius 3 is 2.56 bits per heavy atom. The highest BCUT2D eigenvalue weighted by Crippen LogP contribution is 2.22. The van der Waals surface area contributed by atoms with E-state index in [4.69, 9.17) is 16.2 Å². The summed E-state index contributed by atoms with van der Waals surface area (Å²) in [5.41, 5.74) is 12.6. The van der Waals surface area contributed by atoms with Crippen molar-refractivity contribution in [3.05, 3.63) is 6.33 Å². The number of rotatable bonds is 1. The van der Waals surface area contributed by atoms with Crippen LogP contribution < -0.4 is 16.4 Å². The Kier molecular flexibility index (Phi) is 2.56. The molecular formula is C10H13N7O. The van der Waals surface area contributed by atoms with Gasteiger partial charge in [0.05, 0.1) is 13.2 Å². The average molecular weight is 247 g/mol. The number of hydrogen-bond acceptors (Lipinski definition) is 8. The van der Waals surface area contributed by atoms with E-state index in [1.54, 1.807) is 0 Å². The normalized spacial score (nSPS) is 16.1. The van der Waals surface area contributed by atoms with Crippen molar-refractivity contribution in [3.8, 4) is 0 Å². The summed E-state index contributed by atoms with van der Waals surface area (Å²) in [6, 6.07) is 0. The second kappa shape index (κ2) is 4.22. The zero-order valence-electron chi connectivity index (χ0n) is 9.70. The van der Waals surface area contributed by atoms with E-state index in [-0.39, 0.29) is 0 Å². The number of nitrogens with two attached hydrogens (primary N) is 2. The van der Waals surface area contributed by atoms with Crippen LogP contribution in [-0.2, 0) is 4.74 Å². The van der Waals surface area contributed by atoms with Crippen molar-refractivity contribution in [1.82, 2.24) is 19.9 Å². The molecule has 0 spiro atoms. The molecule has 1 aliphatic rings. The van der Waals surface area contributed by atoms with Crippen molar-refractivity contribution in [1.29, 1.82) is 0 Å². The lowest BCUT2D eigenvalue weighted by atomic mass is 10.3. The summed E-state index contributed by atoms with van der Waals surface area (Å²) in [6.07, 6.45) is 1.35. The first-order chi connectivity index (χ1) is 8.75. The monoisotopic (exact) mass is 247 g/mol. The van der Waals surface area contributed by atoms with Crippen molar-refractivity contribution in [2.24, 2.45) is 0 Å². The highest BCUT2D eigenvalue weighted by molar-refractivity contribution is 5.91. The molecular weight excluding hydrogens is 234 g/mol. The molecule has 0 saturated carbocycles. The Morgan fingerprint density at radius 2 is 1.78 bits per heavy atom. The lowest BCUT2D eigenvalue weighted by Crippen LogP contribution is -2.37. The van der Waals surface area contributed by atoms with E-state index in [0.717, 1.165) is 13.1 Å². The molecule has 1 fully saturated rings. The summed E-state index contributed by atoms with van der Waals surface area (Å²) >= 11 is 0. The van der Waals surface area contributed by atoms with Crippen LogP contribution in [0.5, 0.6) is 0 Å². The van der Waals surface area contributed by atoms with E-state index in [1.165, 1.54) is 6.33 Å². The summed E-state index contributed by atoms with van der Waals surface area (Å²) < 4.78 is 5.28. The van der Waals surface area contributed by atoms with Gasteiger partial charge < -0.3 is 21.1 Å². The van der Waals surface area contributed by atoms with E-state index in [2.05, 4.69) is 19.9 Å². The van der Waals surface area contributed by atoms with E-state index < -0.39 is 0 Å². The third kappa shape index (κ3) is 1.76. The van der Waals surface area contributed by atoms with Crippen LogP contribution in [0.3, 0.4) is 0 Å². The van der Waals surface area contributed by atoms with E-state index in [9.17, 15) is 0 Å². The van der Waals surface area contributed by atoms with Crippen LogP contribution in [0.2, 0.25) is 0 Å². The van der Waals surface area contributed by atoms with Gasteiger partial charge in [-0.15, -0.1) is 0 Å². The molecule has 1 saturated heterocycles. The van der Waals surface area contributed by atoms with Crippen LogP contribution >= 0.6 is 0 Å². The second-order valence-electron chi connectivity index (χ2n) is 3.96. The molecule has 0 unspecified atom stereocenters. The van der Waals surface area contributed by atoms with Crippen LogP contribution in [0.1, 0.15) is 0 Å². The summed E-state index contributed by atoms with van der Waals surface area (Å²) in [6.45, 7) is 2.78. The van der Waals surface area contributed by atoms with Crippen molar-refractivity contribution in [3.63, 3.8) is 0 Å². The molecule has 1 aliphatic heterocycles. The Bertz CT molecular complexity index is 582. The Hall–Kier alpha value is -2.22. The van der Waals surface area contributed by atoms with Gasteiger partial charge in [0.1, 0.15) is 17.4 Å². The van der Waals surface area contributed by atoms with Gasteiger partial charge in [-0.1, -0.05) is 0 Å². The largest absolute Gasteiger partial charge is 0.382 e. The molecule has 94 valence electrons. The van der Waals surface area contributed by atoms with Crippen LogP contribution in [0.4, 0.5) is 17.6 Å². The van der Waals surface area contributed by atoms with Gasteiger partial charge in [-0.05, 0) is 0 Å². The lowest BCUT2D eigenvalue weighted by molar-refractivity contribution is 0.122. The minimum atomic E-state index is 0.309. The van der Waals surface area contributed by atoms with Gasteiger partial charge in [0.15, 0.2) is 11.6 Å². The average Bonchev–Trinajstić information content (AvgIpc) is 2.41. The summed E-state index contributed by atoms with van der Waals surface area (Å²) in [5, 5.41) is 0. The third-order valence-corrected chi connectivity index (χ3v) is 2.82. The molecule has 4 N–H and O–H groups in total. The maximum absolute atomic E-state index is 5.88. The van der Waals surface area contributed by atoms with E-state index in [0.29, 0.717) is 41.8 Å². The van der Waals surface area contributed by atoms with Gasteiger partial charge in [-0.3, -0.25) is 0 Å². The Labute approximate surface area is 103 Å². The Morgan fingerprint density at radius 1 is 1.00 bits per heavy atom. The van der Waals surface area contributed by atoms with E-state index >= 15 is 0 Å². The van der Waals surface area contributed by atoms with Gasteiger partial charge >= 0.3 is 0 Å². The first-order valence-corrected chi connectivity index (χ1v) is 5.62. The molecule has 0 amide bonds. The topological polar surface area (TPSA) is 116 Å². The number of ether oxygens (including phenoxy) is 1.